The van der Waals surface area contributed by atoms with Crippen molar-refractivity contribution in [3.8, 4) is 23.0 Å². The number of halogens is 1. The van der Waals surface area contributed by atoms with E-state index in [2.05, 4.69) is 5.32 Å². The van der Waals surface area contributed by atoms with Crippen molar-refractivity contribution in [1.29, 1.82) is 0 Å². The number of methoxy groups -OCH3 is 4. The second-order valence-corrected chi connectivity index (χ2v) is 6.97. The quantitative estimate of drug-likeness (QED) is 0.649. The van der Waals surface area contributed by atoms with Gasteiger partial charge in [-0.3, -0.25) is 19.3 Å². The number of hydrogen-bond donors (Lipinski definition) is 1. The molecule has 1 N–H and O–H groups in total. The molecule has 9 nitrogen and oxygen atoms in total. The molecule has 0 fully saturated rings. The first-order chi connectivity index (χ1) is 14.8. The summed E-state index contributed by atoms with van der Waals surface area (Å²) in [5.74, 6) is -1.25. The maximum absolute atomic E-state index is 12.9. The number of benzene rings is 2. The van der Waals surface area contributed by atoms with Gasteiger partial charge in [-0.1, -0.05) is 11.6 Å². The van der Waals surface area contributed by atoms with Crippen LogP contribution in [0.2, 0.25) is 5.02 Å². The van der Waals surface area contributed by atoms with Crippen molar-refractivity contribution in [1.82, 2.24) is 0 Å². The van der Waals surface area contributed by atoms with E-state index in [1.807, 2.05) is 0 Å². The predicted molar refractivity (Wildman–Crippen MR) is 114 cm³/mol. The fourth-order valence-electron chi connectivity index (χ4n) is 3.37. The highest BCUT2D eigenvalue weighted by Gasteiger charge is 2.44. The number of anilines is 2. The van der Waals surface area contributed by atoms with Gasteiger partial charge in [0.15, 0.2) is 11.5 Å². The summed E-state index contributed by atoms with van der Waals surface area (Å²) in [7, 11) is 5.63. The molecule has 3 rings (SSSR count). The van der Waals surface area contributed by atoms with Gasteiger partial charge >= 0.3 is 0 Å². The molecule has 0 bridgehead atoms. The van der Waals surface area contributed by atoms with Gasteiger partial charge in [0.1, 0.15) is 11.8 Å². The van der Waals surface area contributed by atoms with E-state index in [0.29, 0.717) is 16.5 Å². The van der Waals surface area contributed by atoms with E-state index in [1.54, 1.807) is 12.1 Å². The zero-order valence-corrected chi connectivity index (χ0v) is 18.3. The van der Waals surface area contributed by atoms with Crippen LogP contribution in [0.15, 0.2) is 24.3 Å². The topological polar surface area (TPSA) is 103 Å². The minimum absolute atomic E-state index is 0.0114. The van der Waals surface area contributed by atoms with Crippen molar-refractivity contribution in [3.63, 3.8) is 0 Å². The third-order valence-corrected chi connectivity index (χ3v) is 5.19. The number of Topliss-reactive ketones (excluding diaryl/α,β-unsaturated/α-hetero) is 1. The van der Waals surface area contributed by atoms with E-state index >= 15 is 0 Å². The Labute approximate surface area is 183 Å². The molecule has 10 heteroatoms. The van der Waals surface area contributed by atoms with Crippen LogP contribution in [0.1, 0.15) is 17.3 Å². The molecule has 0 saturated carbocycles. The highest BCUT2D eigenvalue weighted by molar-refractivity contribution is 6.53. The molecule has 2 aromatic carbocycles. The number of fused-ring (bicyclic) bond motifs is 1. The summed E-state index contributed by atoms with van der Waals surface area (Å²) in [6.07, 6.45) is 0. The third kappa shape index (κ3) is 3.72. The van der Waals surface area contributed by atoms with Crippen molar-refractivity contribution < 1.29 is 33.3 Å². The minimum atomic E-state index is -1.03. The maximum Gasteiger partial charge on any atom is 0.300 e. The Morgan fingerprint density at radius 3 is 2.16 bits per heavy atom. The summed E-state index contributed by atoms with van der Waals surface area (Å²) in [4.78, 5) is 39.5. The minimum Gasteiger partial charge on any atom is -0.495 e. The van der Waals surface area contributed by atoms with Gasteiger partial charge in [-0.2, -0.15) is 0 Å². The number of carbonyl (C=O) groups is 3. The van der Waals surface area contributed by atoms with Crippen molar-refractivity contribution in [2.24, 2.45) is 0 Å². The molecule has 2 aromatic rings. The lowest BCUT2D eigenvalue weighted by Gasteiger charge is -2.25. The standard InChI is InChI=1S/C21H21ClN2O7/c1-10(20(26)23-11-6-7-14(28-2)12(22)8-11)24-13-9-15(29-3)18(30-4)19(31-5)16(13)17(25)21(24)27/h6-10H,1-5H3,(H,23,26). The van der Waals surface area contributed by atoms with Crippen LogP contribution in [0.4, 0.5) is 11.4 Å². The molecular formula is C21H21ClN2O7. The molecule has 1 aliphatic rings. The normalized spacial score (nSPS) is 13.5. The van der Waals surface area contributed by atoms with Gasteiger partial charge in [-0.05, 0) is 25.1 Å². The van der Waals surface area contributed by atoms with E-state index in [4.69, 9.17) is 30.5 Å². The maximum atomic E-state index is 12.9. The van der Waals surface area contributed by atoms with Crippen LogP contribution in [0.25, 0.3) is 0 Å². The van der Waals surface area contributed by atoms with E-state index < -0.39 is 23.6 Å². The molecule has 0 aromatic heterocycles. The third-order valence-electron chi connectivity index (χ3n) is 4.89. The van der Waals surface area contributed by atoms with Crippen molar-refractivity contribution in [2.75, 3.05) is 38.7 Å². The number of ketones is 1. The molecule has 0 aliphatic carbocycles. The van der Waals surface area contributed by atoms with Crippen LogP contribution in [0.3, 0.4) is 0 Å². The highest BCUT2D eigenvalue weighted by atomic mass is 35.5. The fourth-order valence-corrected chi connectivity index (χ4v) is 3.63. The molecule has 1 aliphatic heterocycles. The Hall–Kier alpha value is -3.46. The van der Waals surface area contributed by atoms with Gasteiger partial charge in [0.2, 0.25) is 11.7 Å². The average molecular weight is 449 g/mol. The van der Waals surface area contributed by atoms with Gasteiger partial charge in [-0.15, -0.1) is 0 Å². The van der Waals surface area contributed by atoms with Gasteiger partial charge in [0, 0.05) is 11.8 Å². The molecule has 0 spiro atoms. The van der Waals surface area contributed by atoms with E-state index in [1.165, 1.54) is 47.5 Å². The number of carbonyl (C=O) groups excluding carboxylic acids is 3. The Morgan fingerprint density at radius 2 is 1.61 bits per heavy atom. The zero-order chi connectivity index (χ0) is 22.9. The fraction of sp³-hybridized carbons (Fsp3) is 0.286. The molecular weight excluding hydrogens is 428 g/mol. The van der Waals surface area contributed by atoms with E-state index in [-0.39, 0.29) is 28.5 Å². The summed E-state index contributed by atoms with van der Waals surface area (Å²) in [6.45, 7) is 1.50. The first kappa shape index (κ1) is 22.2. The van der Waals surface area contributed by atoms with Crippen molar-refractivity contribution in [2.45, 2.75) is 13.0 Å². The molecule has 2 amide bonds. The first-order valence-corrected chi connectivity index (χ1v) is 9.52. The number of ether oxygens (including phenoxy) is 4. The Kier molecular flexibility index (Phi) is 6.26. The largest absolute Gasteiger partial charge is 0.495 e. The molecule has 0 radical (unpaired) electrons. The summed E-state index contributed by atoms with van der Waals surface area (Å²) in [5, 5.41) is 3.00. The smallest absolute Gasteiger partial charge is 0.300 e. The zero-order valence-electron chi connectivity index (χ0n) is 17.6. The number of nitrogens with zero attached hydrogens (tertiary/aromatic N) is 1. The molecule has 1 atom stereocenters. The first-order valence-electron chi connectivity index (χ1n) is 9.14. The Balaban J connectivity index is 1.98. The molecule has 1 heterocycles. The summed E-state index contributed by atoms with van der Waals surface area (Å²) < 4.78 is 21.0. The number of rotatable bonds is 7. The van der Waals surface area contributed by atoms with E-state index in [0.717, 1.165) is 4.90 Å². The van der Waals surface area contributed by atoms with Crippen LogP contribution in [-0.4, -0.2) is 52.1 Å². The van der Waals surface area contributed by atoms with Crippen molar-refractivity contribution in [3.05, 3.63) is 34.9 Å². The summed E-state index contributed by atoms with van der Waals surface area (Å²) >= 11 is 6.10. The van der Waals surface area contributed by atoms with Gasteiger partial charge in [0.25, 0.3) is 11.7 Å². The monoisotopic (exact) mass is 448 g/mol. The molecule has 0 saturated heterocycles. The van der Waals surface area contributed by atoms with Gasteiger partial charge < -0.3 is 24.3 Å². The van der Waals surface area contributed by atoms with Crippen LogP contribution in [0.5, 0.6) is 23.0 Å². The lowest BCUT2D eigenvalue weighted by molar-refractivity contribution is -0.120. The van der Waals surface area contributed by atoms with Crippen LogP contribution in [-0.2, 0) is 9.59 Å². The van der Waals surface area contributed by atoms with Crippen LogP contribution in [0, 0.1) is 0 Å². The molecule has 1 unspecified atom stereocenters. The van der Waals surface area contributed by atoms with Gasteiger partial charge in [-0.25, -0.2) is 0 Å². The summed E-state index contributed by atoms with van der Waals surface area (Å²) in [5.41, 5.74) is 0.614. The second-order valence-electron chi connectivity index (χ2n) is 6.56. The van der Waals surface area contributed by atoms with Crippen LogP contribution >= 0.6 is 11.6 Å². The average Bonchev–Trinajstić information content (AvgIpc) is 3.01. The lowest BCUT2D eigenvalue weighted by Crippen LogP contribution is -2.45. The number of hydrogen-bond acceptors (Lipinski definition) is 7. The number of nitrogens with one attached hydrogen (secondary N) is 1. The van der Waals surface area contributed by atoms with E-state index in [9.17, 15) is 14.4 Å². The van der Waals surface area contributed by atoms with Gasteiger partial charge in [0.05, 0.1) is 44.7 Å². The molecule has 31 heavy (non-hydrogen) atoms. The Morgan fingerprint density at radius 1 is 0.968 bits per heavy atom. The second kappa shape index (κ2) is 8.73. The summed E-state index contributed by atoms with van der Waals surface area (Å²) in [6, 6.07) is 5.17. The number of amides is 2. The van der Waals surface area contributed by atoms with Crippen LogP contribution < -0.4 is 29.2 Å². The highest BCUT2D eigenvalue weighted by Crippen LogP contribution is 2.48. The Bertz CT molecular complexity index is 1070. The SMILES string of the molecule is COc1ccc(NC(=O)C(C)N2C(=O)C(=O)c3c2cc(OC)c(OC)c3OC)cc1Cl. The lowest BCUT2D eigenvalue weighted by atomic mass is 10.1. The molecule has 164 valence electrons. The predicted octanol–water partition coefficient (Wildman–Crippen LogP) is 2.93. The van der Waals surface area contributed by atoms with Crippen molar-refractivity contribution >= 4 is 40.6 Å².